The van der Waals surface area contributed by atoms with E-state index in [4.69, 9.17) is 11.6 Å². The van der Waals surface area contributed by atoms with Crippen LogP contribution in [0, 0.1) is 10.1 Å². The van der Waals surface area contributed by atoms with Crippen molar-refractivity contribution in [1.82, 2.24) is 9.97 Å². The van der Waals surface area contributed by atoms with Gasteiger partial charge in [-0.05, 0) is 24.3 Å². The van der Waals surface area contributed by atoms with Gasteiger partial charge in [0, 0.05) is 23.2 Å². The van der Waals surface area contributed by atoms with Gasteiger partial charge in [0.25, 0.3) is 5.69 Å². The summed E-state index contributed by atoms with van der Waals surface area (Å²) in [4.78, 5) is 18.3. The molecule has 0 aliphatic carbocycles. The van der Waals surface area contributed by atoms with Crippen LogP contribution in [0.2, 0.25) is 5.02 Å². The number of halogens is 4. The predicted molar refractivity (Wildman–Crippen MR) is 85.9 cm³/mol. The van der Waals surface area contributed by atoms with Crippen molar-refractivity contribution in [3.63, 3.8) is 0 Å². The lowest BCUT2D eigenvalue weighted by atomic mass is 10.1. The minimum absolute atomic E-state index is 0.0863. The fourth-order valence-corrected chi connectivity index (χ4v) is 2.44. The summed E-state index contributed by atoms with van der Waals surface area (Å²) >= 11 is 5.59. The van der Waals surface area contributed by atoms with E-state index in [9.17, 15) is 23.3 Å². The lowest BCUT2D eigenvalue weighted by Crippen LogP contribution is -2.07. The number of alkyl halides is 3. The molecule has 0 fully saturated rings. The third-order valence-corrected chi connectivity index (χ3v) is 3.69. The van der Waals surface area contributed by atoms with E-state index in [0.29, 0.717) is 10.9 Å². The van der Waals surface area contributed by atoms with Gasteiger partial charge in [0.2, 0.25) is 0 Å². The first-order valence-corrected chi connectivity index (χ1v) is 7.16. The highest BCUT2D eigenvalue weighted by molar-refractivity contribution is 6.31. The Balaban J connectivity index is 2.06. The van der Waals surface area contributed by atoms with Crippen LogP contribution in [-0.2, 0) is 6.18 Å². The highest BCUT2D eigenvalue weighted by Crippen LogP contribution is 2.37. The molecule has 0 saturated heterocycles. The van der Waals surface area contributed by atoms with Crippen LogP contribution in [0.25, 0.3) is 10.9 Å². The molecule has 1 aromatic heterocycles. The van der Waals surface area contributed by atoms with E-state index >= 15 is 0 Å². The summed E-state index contributed by atoms with van der Waals surface area (Å²) in [5.41, 5.74) is -0.683. The number of hydrogen-bond donors (Lipinski definition) is 1. The van der Waals surface area contributed by atoms with Gasteiger partial charge >= 0.3 is 6.18 Å². The summed E-state index contributed by atoms with van der Waals surface area (Å²) in [5, 5.41) is 13.5. The Morgan fingerprint density at radius 2 is 1.88 bits per heavy atom. The number of nitro groups is 1. The van der Waals surface area contributed by atoms with Gasteiger partial charge in [0.15, 0.2) is 0 Å². The number of aromatic nitrogens is 2. The van der Waals surface area contributed by atoms with Crippen molar-refractivity contribution in [3.05, 3.63) is 63.4 Å². The number of nitro benzene ring substituents is 1. The molecule has 0 spiro atoms. The van der Waals surface area contributed by atoms with E-state index in [1.165, 1.54) is 30.6 Å². The van der Waals surface area contributed by atoms with E-state index in [0.717, 1.165) is 12.1 Å². The van der Waals surface area contributed by atoms with E-state index in [-0.39, 0.29) is 17.2 Å². The van der Waals surface area contributed by atoms with Gasteiger partial charge in [-0.1, -0.05) is 11.6 Å². The van der Waals surface area contributed by atoms with Crippen LogP contribution in [0.5, 0.6) is 0 Å². The minimum Gasteiger partial charge on any atom is -0.340 e. The Morgan fingerprint density at radius 1 is 1.12 bits per heavy atom. The molecule has 10 heteroatoms. The van der Waals surface area contributed by atoms with Crippen LogP contribution in [0.4, 0.5) is 30.4 Å². The van der Waals surface area contributed by atoms with Gasteiger partial charge in [0.05, 0.1) is 21.0 Å². The molecule has 1 N–H and O–H groups in total. The number of nitrogens with one attached hydrogen (secondary N) is 1. The zero-order chi connectivity index (χ0) is 18.2. The Kier molecular flexibility index (Phi) is 4.17. The first-order valence-electron chi connectivity index (χ1n) is 6.78. The van der Waals surface area contributed by atoms with Crippen LogP contribution in [0.1, 0.15) is 5.56 Å². The van der Waals surface area contributed by atoms with Crippen molar-refractivity contribution in [2.45, 2.75) is 6.18 Å². The molecule has 25 heavy (non-hydrogen) atoms. The number of fused-ring (bicyclic) bond motifs is 1. The fraction of sp³-hybridized carbons (Fsp3) is 0.0667. The highest BCUT2D eigenvalue weighted by atomic mass is 35.5. The first-order chi connectivity index (χ1) is 11.8. The third kappa shape index (κ3) is 3.45. The Morgan fingerprint density at radius 3 is 2.56 bits per heavy atom. The molecule has 0 atom stereocenters. The van der Waals surface area contributed by atoms with Crippen molar-refractivity contribution in [1.29, 1.82) is 0 Å². The normalized spacial score (nSPS) is 11.5. The fourth-order valence-electron chi connectivity index (χ4n) is 2.21. The summed E-state index contributed by atoms with van der Waals surface area (Å²) < 4.78 is 38.8. The number of non-ortho nitro benzene ring substituents is 1. The third-order valence-electron chi connectivity index (χ3n) is 3.36. The second kappa shape index (κ2) is 6.17. The molecule has 0 unspecified atom stereocenters. The summed E-state index contributed by atoms with van der Waals surface area (Å²) in [5.74, 6) is 0.143. The minimum atomic E-state index is -4.61. The Hall–Kier alpha value is -2.94. The predicted octanol–water partition coefficient (Wildman–Crippen LogP) is 4.95. The van der Waals surface area contributed by atoms with Gasteiger partial charge in [-0.2, -0.15) is 13.2 Å². The maximum Gasteiger partial charge on any atom is 0.417 e. The summed E-state index contributed by atoms with van der Waals surface area (Å²) in [6.07, 6.45) is -3.40. The molecule has 3 rings (SSSR count). The van der Waals surface area contributed by atoms with E-state index < -0.39 is 21.7 Å². The number of nitrogens with zero attached hydrogens (tertiary/aromatic N) is 3. The van der Waals surface area contributed by atoms with Crippen LogP contribution < -0.4 is 5.32 Å². The molecule has 6 nitrogen and oxygen atoms in total. The molecular formula is C15H8ClF3N4O2. The van der Waals surface area contributed by atoms with Gasteiger partial charge in [-0.25, -0.2) is 9.97 Å². The van der Waals surface area contributed by atoms with Gasteiger partial charge in [0.1, 0.15) is 12.1 Å². The second-order valence-corrected chi connectivity index (χ2v) is 5.41. The van der Waals surface area contributed by atoms with E-state index in [1.807, 2.05) is 0 Å². The van der Waals surface area contributed by atoms with Crippen molar-refractivity contribution in [2.24, 2.45) is 0 Å². The van der Waals surface area contributed by atoms with Crippen molar-refractivity contribution < 1.29 is 18.1 Å². The molecule has 3 aromatic rings. The second-order valence-electron chi connectivity index (χ2n) is 5.00. The van der Waals surface area contributed by atoms with E-state index in [2.05, 4.69) is 15.3 Å². The number of benzene rings is 2. The molecule has 0 amide bonds. The molecule has 2 aromatic carbocycles. The average Bonchev–Trinajstić information content (AvgIpc) is 2.55. The molecule has 0 radical (unpaired) electrons. The van der Waals surface area contributed by atoms with Crippen LogP contribution >= 0.6 is 11.6 Å². The topological polar surface area (TPSA) is 81.0 Å². The van der Waals surface area contributed by atoms with Crippen molar-refractivity contribution in [3.8, 4) is 0 Å². The molecule has 1 heterocycles. The lowest BCUT2D eigenvalue weighted by Gasteiger charge is -2.13. The number of anilines is 2. The van der Waals surface area contributed by atoms with Crippen LogP contribution in [0.15, 0.2) is 42.7 Å². The SMILES string of the molecule is O=[N+]([O-])c1ccc2ncnc(Nc3ccc(Cl)c(C(F)(F)F)c3)c2c1. The zero-order valence-electron chi connectivity index (χ0n) is 12.2. The molecule has 0 bridgehead atoms. The Labute approximate surface area is 143 Å². The number of hydrogen-bond acceptors (Lipinski definition) is 5. The summed E-state index contributed by atoms with van der Waals surface area (Å²) in [7, 11) is 0. The van der Waals surface area contributed by atoms with Crippen LogP contribution in [-0.4, -0.2) is 14.9 Å². The summed E-state index contributed by atoms with van der Waals surface area (Å²) in [6, 6.07) is 7.26. The molecule has 0 aliphatic heterocycles. The van der Waals surface area contributed by atoms with Gasteiger partial charge < -0.3 is 5.32 Å². The highest BCUT2D eigenvalue weighted by Gasteiger charge is 2.33. The monoisotopic (exact) mass is 368 g/mol. The van der Waals surface area contributed by atoms with Crippen molar-refractivity contribution >= 4 is 39.7 Å². The van der Waals surface area contributed by atoms with E-state index in [1.54, 1.807) is 0 Å². The van der Waals surface area contributed by atoms with Gasteiger partial charge in [-0.15, -0.1) is 0 Å². The molecule has 0 aliphatic rings. The molecular weight excluding hydrogens is 361 g/mol. The number of rotatable bonds is 3. The Bertz CT molecular complexity index is 979. The van der Waals surface area contributed by atoms with Gasteiger partial charge in [-0.3, -0.25) is 10.1 Å². The van der Waals surface area contributed by atoms with Crippen LogP contribution in [0.3, 0.4) is 0 Å². The molecule has 128 valence electrons. The smallest absolute Gasteiger partial charge is 0.340 e. The zero-order valence-corrected chi connectivity index (χ0v) is 13.0. The largest absolute Gasteiger partial charge is 0.417 e. The lowest BCUT2D eigenvalue weighted by molar-refractivity contribution is -0.384. The van der Waals surface area contributed by atoms with Crippen molar-refractivity contribution in [2.75, 3.05) is 5.32 Å². The summed E-state index contributed by atoms with van der Waals surface area (Å²) in [6.45, 7) is 0. The maximum absolute atomic E-state index is 12.9. The molecule has 0 saturated carbocycles. The first kappa shape index (κ1) is 16.9. The standard InChI is InChI=1S/C15H8ClF3N4O2/c16-12-3-1-8(5-11(12)15(17,18)19)22-14-10-6-9(23(24)25)2-4-13(10)20-7-21-14/h1-7H,(H,20,21,22). The quantitative estimate of drug-likeness (QED) is 0.522. The maximum atomic E-state index is 12.9. The average molecular weight is 369 g/mol.